The van der Waals surface area contributed by atoms with Crippen molar-refractivity contribution < 1.29 is 0 Å². The number of rotatable bonds is 15. The van der Waals surface area contributed by atoms with Crippen LogP contribution in [0.25, 0.3) is 11.1 Å². The Labute approximate surface area is 301 Å². The highest BCUT2D eigenvalue weighted by molar-refractivity contribution is 5.81. The van der Waals surface area contributed by atoms with Crippen LogP contribution in [0.15, 0.2) is 146 Å². The monoisotopic (exact) mass is 656 g/mol. The molecule has 0 bridgehead atoms. The lowest BCUT2D eigenvalue weighted by molar-refractivity contribution is 0.921. The maximum absolute atomic E-state index is 2.37. The van der Waals surface area contributed by atoms with E-state index in [9.17, 15) is 0 Å². The fourth-order valence-electron chi connectivity index (χ4n) is 6.90. The molecule has 0 N–H and O–H groups in total. The first-order chi connectivity index (χ1) is 24.6. The van der Waals surface area contributed by atoms with Crippen LogP contribution in [0.5, 0.6) is 0 Å². The van der Waals surface area contributed by atoms with Crippen molar-refractivity contribution >= 4 is 34.1 Å². The molecule has 0 saturated carbocycles. The summed E-state index contributed by atoms with van der Waals surface area (Å²) >= 11 is 0. The maximum atomic E-state index is 2.37. The van der Waals surface area contributed by atoms with Crippen LogP contribution in [0.2, 0.25) is 0 Å². The molecule has 2 nitrogen and oxygen atoms in total. The van der Waals surface area contributed by atoms with Gasteiger partial charge in [-0.3, -0.25) is 0 Å². The van der Waals surface area contributed by atoms with Gasteiger partial charge in [-0.1, -0.05) is 126 Å². The van der Waals surface area contributed by atoms with Crippen LogP contribution in [0.1, 0.15) is 75.6 Å². The largest absolute Gasteiger partial charge is 0.311 e. The Hall–Kier alpha value is -5.08. The second-order valence-corrected chi connectivity index (χ2v) is 13.4. The molecule has 2 heteroatoms. The molecular weight excluding hydrogens is 605 g/mol. The molecule has 0 heterocycles. The van der Waals surface area contributed by atoms with Crippen LogP contribution in [-0.4, -0.2) is 0 Å². The van der Waals surface area contributed by atoms with E-state index in [-0.39, 0.29) is 0 Å². The molecule has 6 rings (SSSR count). The summed E-state index contributed by atoms with van der Waals surface area (Å²) < 4.78 is 0. The molecule has 0 atom stereocenters. The summed E-state index contributed by atoms with van der Waals surface area (Å²) in [7, 11) is 0. The van der Waals surface area contributed by atoms with E-state index in [4.69, 9.17) is 0 Å². The number of anilines is 6. The molecule has 0 fully saturated rings. The highest BCUT2D eigenvalue weighted by Gasteiger charge is 2.15. The molecule has 50 heavy (non-hydrogen) atoms. The third kappa shape index (κ3) is 8.37. The van der Waals surface area contributed by atoms with Crippen LogP contribution in [0.3, 0.4) is 0 Å². The number of hydrogen-bond acceptors (Lipinski definition) is 2. The normalized spacial score (nSPS) is 11.0. The zero-order chi connectivity index (χ0) is 34.7. The van der Waals surface area contributed by atoms with Crippen molar-refractivity contribution in [2.45, 2.75) is 79.1 Å². The minimum atomic E-state index is 1.10. The maximum Gasteiger partial charge on any atom is 0.0462 e. The third-order valence-electron chi connectivity index (χ3n) is 9.52. The average molecular weight is 657 g/mol. The Morgan fingerprint density at radius 2 is 0.440 bits per heavy atom. The lowest BCUT2D eigenvalue weighted by atomic mass is 10.0. The zero-order valence-corrected chi connectivity index (χ0v) is 30.4. The first-order valence-electron chi connectivity index (χ1n) is 18.8. The SMILES string of the molecule is CCCc1ccc(N(c2ccc(CCC)cc2)c2ccc(-c3ccc(N(c4ccc(CCC)cc4)c4ccc(CCC)cc4)cc3)cc2)cc1. The Morgan fingerprint density at radius 1 is 0.260 bits per heavy atom. The van der Waals surface area contributed by atoms with Crippen LogP contribution in [0, 0.1) is 0 Å². The van der Waals surface area contributed by atoms with Crippen molar-refractivity contribution in [3.8, 4) is 11.1 Å². The van der Waals surface area contributed by atoms with Gasteiger partial charge in [0, 0.05) is 34.1 Å². The minimum absolute atomic E-state index is 1.10. The summed E-state index contributed by atoms with van der Waals surface area (Å²) in [5.41, 5.74) is 15.0. The van der Waals surface area contributed by atoms with E-state index in [1.54, 1.807) is 0 Å². The van der Waals surface area contributed by atoms with E-state index in [2.05, 4.69) is 183 Å². The predicted molar refractivity (Wildman–Crippen MR) is 217 cm³/mol. The molecule has 0 saturated heterocycles. The summed E-state index contributed by atoms with van der Waals surface area (Å²) in [5, 5.41) is 0. The van der Waals surface area contributed by atoms with Gasteiger partial charge >= 0.3 is 0 Å². The van der Waals surface area contributed by atoms with Crippen molar-refractivity contribution in [1.29, 1.82) is 0 Å². The first kappa shape index (κ1) is 34.8. The van der Waals surface area contributed by atoms with Crippen molar-refractivity contribution in [2.75, 3.05) is 9.80 Å². The molecule has 0 aliphatic heterocycles. The van der Waals surface area contributed by atoms with Crippen molar-refractivity contribution in [1.82, 2.24) is 0 Å². The predicted octanol–water partition coefficient (Wildman–Crippen LogP) is 14.1. The standard InChI is InChI=1S/C48H52N2/c1-5-9-37-13-25-43(26-14-37)49(44-27-15-38(10-6-2)16-28-44)47-33-21-41(22-34-47)42-23-35-48(36-24-42)50(45-29-17-39(11-7-3)18-30-45)46-31-19-40(12-8-4)20-32-46/h13-36H,5-12H2,1-4H3. The topological polar surface area (TPSA) is 6.48 Å². The molecule has 0 spiro atoms. The minimum Gasteiger partial charge on any atom is -0.311 e. The molecule has 0 amide bonds. The summed E-state index contributed by atoms with van der Waals surface area (Å²) in [6, 6.07) is 54.3. The van der Waals surface area contributed by atoms with E-state index in [1.165, 1.54) is 56.1 Å². The number of hydrogen-bond donors (Lipinski definition) is 0. The van der Waals surface area contributed by atoms with Gasteiger partial charge in [0.1, 0.15) is 0 Å². The highest BCUT2D eigenvalue weighted by atomic mass is 15.1. The summed E-state index contributed by atoms with van der Waals surface area (Å²) in [6.07, 6.45) is 9.03. The second kappa shape index (κ2) is 17.0. The number of nitrogens with zero attached hydrogens (tertiary/aromatic N) is 2. The van der Waals surface area contributed by atoms with Gasteiger partial charge in [0.25, 0.3) is 0 Å². The van der Waals surface area contributed by atoms with E-state index in [0.717, 1.165) is 62.7 Å². The average Bonchev–Trinajstić information content (AvgIpc) is 3.16. The zero-order valence-electron chi connectivity index (χ0n) is 30.4. The van der Waals surface area contributed by atoms with Gasteiger partial charge in [-0.25, -0.2) is 0 Å². The van der Waals surface area contributed by atoms with Gasteiger partial charge < -0.3 is 9.80 Å². The summed E-state index contributed by atoms with van der Waals surface area (Å²) in [4.78, 5) is 4.74. The molecule has 254 valence electrons. The van der Waals surface area contributed by atoms with Crippen LogP contribution >= 0.6 is 0 Å². The van der Waals surface area contributed by atoms with Crippen molar-refractivity contribution in [3.05, 3.63) is 168 Å². The van der Waals surface area contributed by atoms with Gasteiger partial charge in [-0.05, 0) is 132 Å². The smallest absolute Gasteiger partial charge is 0.0462 e. The van der Waals surface area contributed by atoms with Crippen LogP contribution in [-0.2, 0) is 25.7 Å². The van der Waals surface area contributed by atoms with E-state index in [0.29, 0.717) is 0 Å². The molecule has 0 aliphatic carbocycles. The van der Waals surface area contributed by atoms with E-state index in [1.807, 2.05) is 0 Å². The highest BCUT2D eigenvalue weighted by Crippen LogP contribution is 2.38. The molecule has 6 aromatic carbocycles. The number of aryl methyl sites for hydroxylation is 4. The van der Waals surface area contributed by atoms with Gasteiger partial charge in [-0.2, -0.15) is 0 Å². The fraction of sp³-hybridized carbons (Fsp3) is 0.250. The molecule has 0 unspecified atom stereocenters. The van der Waals surface area contributed by atoms with Crippen LogP contribution in [0.4, 0.5) is 34.1 Å². The molecule has 0 aliphatic rings. The molecule has 0 radical (unpaired) electrons. The lowest BCUT2D eigenvalue weighted by Crippen LogP contribution is -2.10. The summed E-state index contributed by atoms with van der Waals surface area (Å²) in [6.45, 7) is 8.95. The summed E-state index contributed by atoms with van der Waals surface area (Å²) in [5.74, 6) is 0. The Morgan fingerprint density at radius 3 is 0.620 bits per heavy atom. The Kier molecular flexibility index (Phi) is 11.8. The van der Waals surface area contributed by atoms with Gasteiger partial charge in [0.15, 0.2) is 0 Å². The Bertz CT molecular complexity index is 1640. The van der Waals surface area contributed by atoms with Gasteiger partial charge in [0.05, 0.1) is 0 Å². The Balaban J connectivity index is 1.29. The molecule has 6 aromatic rings. The van der Waals surface area contributed by atoms with Crippen molar-refractivity contribution in [2.24, 2.45) is 0 Å². The molecule has 0 aromatic heterocycles. The van der Waals surface area contributed by atoms with Gasteiger partial charge in [-0.15, -0.1) is 0 Å². The first-order valence-corrected chi connectivity index (χ1v) is 18.8. The molecular formula is C48H52N2. The van der Waals surface area contributed by atoms with E-state index < -0.39 is 0 Å². The van der Waals surface area contributed by atoms with Crippen LogP contribution < -0.4 is 9.80 Å². The lowest BCUT2D eigenvalue weighted by Gasteiger charge is -2.27. The second-order valence-electron chi connectivity index (χ2n) is 13.4. The quantitative estimate of drug-likeness (QED) is 0.109. The van der Waals surface area contributed by atoms with Crippen molar-refractivity contribution in [3.63, 3.8) is 0 Å². The number of benzene rings is 6. The van der Waals surface area contributed by atoms with E-state index >= 15 is 0 Å². The fourth-order valence-corrected chi connectivity index (χ4v) is 6.90. The third-order valence-corrected chi connectivity index (χ3v) is 9.52. The van der Waals surface area contributed by atoms with Gasteiger partial charge in [0.2, 0.25) is 0 Å².